The van der Waals surface area contributed by atoms with E-state index in [1.807, 2.05) is 0 Å². The molecule has 0 heterocycles. The fourth-order valence-electron chi connectivity index (χ4n) is 2.05. The van der Waals surface area contributed by atoms with Crippen molar-refractivity contribution in [1.82, 2.24) is 0 Å². The monoisotopic (exact) mass is 227 g/mol. The van der Waals surface area contributed by atoms with E-state index in [0.717, 1.165) is 18.8 Å². The zero-order valence-corrected chi connectivity index (χ0v) is 11.9. The van der Waals surface area contributed by atoms with Crippen LogP contribution in [0.25, 0.3) is 0 Å². The molecule has 1 atom stereocenters. The third-order valence-corrected chi connectivity index (χ3v) is 3.20. The fourth-order valence-corrected chi connectivity index (χ4v) is 2.05. The predicted molar refractivity (Wildman–Crippen MR) is 75.9 cm³/mol. The Kier molecular flexibility index (Phi) is 11.5. The Bertz CT molecular complexity index is 142. The Hall–Kier alpha value is 0. The molecule has 98 valence electrons. The quantitative estimate of drug-likeness (QED) is 0.341. The van der Waals surface area contributed by atoms with Gasteiger partial charge in [-0.15, -0.1) is 0 Å². The van der Waals surface area contributed by atoms with Crippen molar-refractivity contribution in [2.24, 2.45) is 5.92 Å². The van der Waals surface area contributed by atoms with Gasteiger partial charge in [-0.2, -0.15) is 0 Å². The molecule has 1 unspecified atom stereocenters. The standard InChI is InChI=1S/C16H34/c1-4-5-6-7-8-9-10-11-12-13-14-15-16(2)3/h16H,4-15H2,1-3H3/i10D. The smallest absolute Gasteiger partial charge is 0.0267 e. The first-order valence-corrected chi connectivity index (χ1v) is 7.59. The summed E-state index contributed by atoms with van der Waals surface area (Å²) in [5.74, 6) is 0.848. The Morgan fingerprint density at radius 1 is 0.750 bits per heavy atom. The number of hydrogen-bond acceptors (Lipinski definition) is 0. The van der Waals surface area contributed by atoms with E-state index in [9.17, 15) is 0 Å². The summed E-state index contributed by atoms with van der Waals surface area (Å²) in [6.45, 7) is 6.84. The zero-order valence-electron chi connectivity index (χ0n) is 12.9. The first kappa shape index (κ1) is 14.1. The zero-order chi connectivity index (χ0) is 12.9. The first-order chi connectivity index (χ1) is 8.16. The maximum atomic E-state index is 7.97. The summed E-state index contributed by atoms with van der Waals surface area (Å²) < 4.78 is 7.97. The highest BCUT2D eigenvalue weighted by Gasteiger charge is 1.95. The number of unbranched alkanes of at least 4 members (excludes halogenated alkanes) is 6. The van der Waals surface area contributed by atoms with E-state index < -0.39 is 0 Å². The van der Waals surface area contributed by atoms with Crippen molar-refractivity contribution in [2.45, 2.75) is 97.8 Å². The van der Waals surface area contributed by atoms with E-state index >= 15 is 0 Å². The van der Waals surface area contributed by atoms with Crippen molar-refractivity contribution in [2.75, 3.05) is 0 Å². The van der Waals surface area contributed by atoms with Crippen molar-refractivity contribution in [3.8, 4) is 0 Å². The third kappa shape index (κ3) is 14.0. The summed E-state index contributed by atoms with van der Waals surface area (Å²) in [6.07, 6.45) is 14.5. The molecular weight excluding hydrogens is 192 g/mol. The molecule has 0 bridgehead atoms. The van der Waals surface area contributed by atoms with Crippen LogP contribution in [-0.2, 0) is 0 Å². The van der Waals surface area contributed by atoms with Crippen LogP contribution in [0, 0.1) is 5.92 Å². The number of hydrogen-bond donors (Lipinski definition) is 0. The highest BCUT2D eigenvalue weighted by Crippen LogP contribution is 2.13. The van der Waals surface area contributed by atoms with Gasteiger partial charge in [0.05, 0.1) is 0 Å². The Morgan fingerprint density at radius 3 is 1.81 bits per heavy atom. The molecule has 0 aromatic carbocycles. The summed E-state index contributed by atoms with van der Waals surface area (Å²) in [5.41, 5.74) is 0. The van der Waals surface area contributed by atoms with Gasteiger partial charge in [-0.25, -0.2) is 0 Å². The van der Waals surface area contributed by atoms with Gasteiger partial charge in [0.2, 0.25) is 0 Å². The molecule has 0 saturated carbocycles. The molecule has 0 N–H and O–H groups in total. The summed E-state index contributed by atoms with van der Waals surface area (Å²) >= 11 is 0. The molecule has 16 heavy (non-hydrogen) atoms. The van der Waals surface area contributed by atoms with E-state index in [-0.39, 0.29) is 6.40 Å². The highest BCUT2D eigenvalue weighted by atomic mass is 14.0. The van der Waals surface area contributed by atoms with Crippen LogP contribution in [0.3, 0.4) is 0 Å². The largest absolute Gasteiger partial charge is 0.0654 e. The van der Waals surface area contributed by atoms with Crippen LogP contribution in [0.15, 0.2) is 0 Å². The molecule has 0 heteroatoms. The van der Waals surface area contributed by atoms with Crippen LogP contribution < -0.4 is 0 Å². The lowest BCUT2D eigenvalue weighted by Gasteiger charge is -2.04. The summed E-state index contributed by atoms with van der Waals surface area (Å²) in [7, 11) is 0. The average Bonchev–Trinajstić information content (AvgIpc) is 2.28. The minimum Gasteiger partial charge on any atom is -0.0654 e. The van der Waals surface area contributed by atoms with E-state index in [1.54, 1.807) is 0 Å². The normalized spacial score (nSPS) is 14.1. The second kappa shape index (κ2) is 13.1. The van der Waals surface area contributed by atoms with Crippen molar-refractivity contribution < 1.29 is 1.37 Å². The molecule has 0 aliphatic carbocycles. The van der Waals surface area contributed by atoms with Gasteiger partial charge in [-0.3, -0.25) is 0 Å². The molecule has 0 rings (SSSR count). The van der Waals surface area contributed by atoms with Crippen LogP contribution in [0.2, 0.25) is 0 Å². The van der Waals surface area contributed by atoms with Gasteiger partial charge in [0.15, 0.2) is 0 Å². The minimum absolute atomic E-state index is 0.218. The molecule has 0 radical (unpaired) electrons. The lowest BCUT2D eigenvalue weighted by molar-refractivity contribution is 0.504. The Morgan fingerprint density at radius 2 is 1.25 bits per heavy atom. The van der Waals surface area contributed by atoms with Gasteiger partial charge in [0.25, 0.3) is 0 Å². The molecule has 0 aromatic rings. The second-order valence-corrected chi connectivity index (χ2v) is 5.52. The van der Waals surface area contributed by atoms with Gasteiger partial charge in [-0.05, 0) is 5.92 Å². The minimum atomic E-state index is 0.218. The summed E-state index contributed by atoms with van der Waals surface area (Å²) in [6, 6.07) is 0. The molecule has 0 spiro atoms. The highest BCUT2D eigenvalue weighted by molar-refractivity contribution is 4.50. The maximum absolute atomic E-state index is 7.97. The molecule has 0 nitrogen and oxygen atoms in total. The lowest BCUT2D eigenvalue weighted by atomic mass is 10.0. The Balaban J connectivity index is 3.14. The lowest BCUT2D eigenvalue weighted by Crippen LogP contribution is -1.87. The molecule has 0 aliphatic heterocycles. The van der Waals surface area contributed by atoms with Crippen molar-refractivity contribution in [1.29, 1.82) is 0 Å². The molecule has 0 amide bonds. The van der Waals surface area contributed by atoms with Gasteiger partial charge in [-0.1, -0.05) is 97.8 Å². The average molecular weight is 227 g/mol. The van der Waals surface area contributed by atoms with Crippen LogP contribution in [0.4, 0.5) is 0 Å². The van der Waals surface area contributed by atoms with Crippen LogP contribution in [-0.4, -0.2) is 0 Å². The fraction of sp³-hybridized carbons (Fsp3) is 1.00. The molecule has 0 saturated heterocycles. The van der Waals surface area contributed by atoms with Gasteiger partial charge in [0.1, 0.15) is 0 Å². The van der Waals surface area contributed by atoms with Gasteiger partial charge < -0.3 is 0 Å². The molecular formula is C16H34. The number of rotatable bonds is 12. The maximum Gasteiger partial charge on any atom is 0.0267 e. The van der Waals surface area contributed by atoms with Gasteiger partial charge >= 0.3 is 0 Å². The van der Waals surface area contributed by atoms with Crippen molar-refractivity contribution in [3.63, 3.8) is 0 Å². The van der Waals surface area contributed by atoms with Crippen LogP contribution in [0.5, 0.6) is 0 Å². The Labute approximate surface area is 106 Å². The van der Waals surface area contributed by atoms with E-state index in [1.165, 1.54) is 57.8 Å². The van der Waals surface area contributed by atoms with Crippen molar-refractivity contribution >= 4 is 0 Å². The second-order valence-electron chi connectivity index (χ2n) is 5.52. The van der Waals surface area contributed by atoms with Crippen molar-refractivity contribution in [3.05, 3.63) is 0 Å². The van der Waals surface area contributed by atoms with E-state index in [4.69, 9.17) is 1.37 Å². The summed E-state index contributed by atoms with van der Waals surface area (Å²) in [5, 5.41) is 0. The first-order valence-electron chi connectivity index (χ1n) is 8.16. The summed E-state index contributed by atoms with van der Waals surface area (Å²) in [4.78, 5) is 0. The molecule has 0 fully saturated rings. The van der Waals surface area contributed by atoms with Gasteiger partial charge in [0, 0.05) is 1.37 Å². The third-order valence-electron chi connectivity index (χ3n) is 3.20. The molecule has 0 aromatic heterocycles. The predicted octanol–water partition coefficient (Wildman–Crippen LogP) is 6.34. The van der Waals surface area contributed by atoms with Crippen LogP contribution >= 0.6 is 0 Å². The SMILES string of the molecule is [2H]C(CCCCCCC)CCCCCC(C)C. The van der Waals surface area contributed by atoms with E-state index in [0.29, 0.717) is 0 Å². The topological polar surface area (TPSA) is 0 Å². The van der Waals surface area contributed by atoms with Crippen LogP contribution in [0.1, 0.15) is 99.2 Å². The molecule has 0 aliphatic rings. The van der Waals surface area contributed by atoms with E-state index in [2.05, 4.69) is 20.8 Å².